The fourth-order valence-electron chi connectivity index (χ4n) is 2.30. The van der Waals surface area contributed by atoms with Crippen LogP contribution in [0.3, 0.4) is 0 Å². The number of alkyl halides is 3. The molecule has 25 heavy (non-hydrogen) atoms. The summed E-state index contributed by atoms with van der Waals surface area (Å²) in [5, 5.41) is 2.89. The average molecular weight is 408 g/mol. The van der Waals surface area contributed by atoms with Crippen molar-refractivity contribution in [2.45, 2.75) is 13.1 Å². The molecule has 0 unspecified atom stereocenters. The van der Waals surface area contributed by atoms with Crippen molar-refractivity contribution in [3.8, 4) is 11.1 Å². The zero-order valence-corrected chi connectivity index (χ0v) is 14.7. The van der Waals surface area contributed by atoms with E-state index in [-0.39, 0.29) is 11.5 Å². The van der Waals surface area contributed by atoms with Gasteiger partial charge in [-0.2, -0.15) is 13.2 Å². The van der Waals surface area contributed by atoms with Crippen LogP contribution in [0.1, 0.15) is 11.5 Å². The van der Waals surface area contributed by atoms with Crippen LogP contribution in [0.5, 0.6) is 0 Å². The zero-order valence-electron chi connectivity index (χ0n) is 13.1. The molecule has 1 aromatic heterocycles. The van der Waals surface area contributed by atoms with Crippen LogP contribution in [-0.2, 0) is 6.18 Å². The summed E-state index contributed by atoms with van der Waals surface area (Å²) in [5.74, 6) is -1.04. The van der Waals surface area contributed by atoms with E-state index in [9.17, 15) is 13.2 Å². The summed E-state index contributed by atoms with van der Waals surface area (Å²) in [6, 6.07) is 16.7. The highest BCUT2D eigenvalue weighted by atomic mass is 79.9. The molecule has 0 spiro atoms. The van der Waals surface area contributed by atoms with Gasteiger partial charge in [0, 0.05) is 21.9 Å². The summed E-state index contributed by atoms with van der Waals surface area (Å²) < 4.78 is 39.4. The molecule has 0 saturated carbocycles. The lowest BCUT2D eigenvalue weighted by Gasteiger charge is -2.11. The normalized spacial score (nSPS) is 11.4. The summed E-state index contributed by atoms with van der Waals surface area (Å²) >= 11 is 3.39. The second-order valence-electron chi connectivity index (χ2n) is 5.43. The number of hydrogen-bond donors (Lipinski definition) is 1. The molecular weight excluding hydrogens is 395 g/mol. The molecule has 0 aliphatic heterocycles. The maximum atomic E-state index is 12.8. The standard InChI is InChI=1S/C18H13BrF3N3/c1-11-10-16(25-17(23-11)18(20,21)22)24-15-8-4-13(5-9-15)12-2-6-14(19)7-3-12/h2-10H,1H3,(H,23,24,25). The number of nitrogens with one attached hydrogen (secondary N) is 1. The zero-order chi connectivity index (χ0) is 18.0. The lowest BCUT2D eigenvalue weighted by atomic mass is 10.1. The first kappa shape index (κ1) is 17.4. The molecule has 0 saturated heterocycles. The van der Waals surface area contributed by atoms with Gasteiger partial charge in [0.05, 0.1) is 0 Å². The molecule has 1 N–H and O–H groups in total. The molecule has 2 aromatic carbocycles. The molecule has 0 amide bonds. The van der Waals surface area contributed by atoms with Crippen LogP contribution in [0.15, 0.2) is 59.1 Å². The van der Waals surface area contributed by atoms with Crippen molar-refractivity contribution in [1.82, 2.24) is 9.97 Å². The first-order valence-corrected chi connectivity index (χ1v) is 8.16. The van der Waals surface area contributed by atoms with Crippen LogP contribution in [0, 0.1) is 6.92 Å². The number of anilines is 2. The highest BCUT2D eigenvalue weighted by Gasteiger charge is 2.35. The van der Waals surface area contributed by atoms with E-state index in [0.717, 1.165) is 15.6 Å². The summed E-state index contributed by atoms with van der Waals surface area (Å²) in [5.41, 5.74) is 2.95. The molecule has 0 atom stereocenters. The molecule has 0 aliphatic rings. The predicted octanol–water partition coefficient (Wildman–Crippen LogP) is 5.98. The third-order valence-electron chi connectivity index (χ3n) is 3.44. The van der Waals surface area contributed by atoms with Crippen molar-refractivity contribution in [2.24, 2.45) is 0 Å². The van der Waals surface area contributed by atoms with E-state index in [0.29, 0.717) is 5.69 Å². The lowest BCUT2D eigenvalue weighted by Crippen LogP contribution is -2.13. The van der Waals surface area contributed by atoms with Gasteiger partial charge in [0.25, 0.3) is 0 Å². The summed E-state index contributed by atoms with van der Waals surface area (Å²) in [6.07, 6.45) is -4.58. The van der Waals surface area contributed by atoms with Gasteiger partial charge in [-0.05, 0) is 42.3 Å². The van der Waals surface area contributed by atoms with Gasteiger partial charge < -0.3 is 5.32 Å². The fraction of sp³-hybridized carbons (Fsp3) is 0.111. The monoisotopic (exact) mass is 407 g/mol. The third-order valence-corrected chi connectivity index (χ3v) is 3.97. The Labute approximate surface area is 151 Å². The molecule has 3 aromatic rings. The van der Waals surface area contributed by atoms with E-state index in [1.54, 1.807) is 12.1 Å². The Kier molecular flexibility index (Phi) is 4.76. The van der Waals surface area contributed by atoms with Crippen molar-refractivity contribution in [3.63, 3.8) is 0 Å². The molecule has 3 rings (SSSR count). The number of aryl methyl sites for hydroxylation is 1. The number of aromatic nitrogens is 2. The van der Waals surface area contributed by atoms with Gasteiger partial charge in [0.2, 0.25) is 5.82 Å². The second kappa shape index (κ2) is 6.84. The first-order valence-electron chi connectivity index (χ1n) is 7.37. The predicted molar refractivity (Wildman–Crippen MR) is 94.6 cm³/mol. The first-order chi connectivity index (χ1) is 11.8. The molecule has 3 nitrogen and oxygen atoms in total. The molecule has 128 valence electrons. The van der Waals surface area contributed by atoms with E-state index in [1.165, 1.54) is 13.0 Å². The van der Waals surface area contributed by atoms with E-state index >= 15 is 0 Å². The van der Waals surface area contributed by atoms with Gasteiger partial charge in [-0.25, -0.2) is 9.97 Å². The maximum Gasteiger partial charge on any atom is 0.451 e. The lowest BCUT2D eigenvalue weighted by molar-refractivity contribution is -0.145. The van der Waals surface area contributed by atoms with Gasteiger partial charge in [-0.15, -0.1) is 0 Å². The summed E-state index contributed by atoms with van der Waals surface area (Å²) in [6.45, 7) is 1.50. The van der Waals surface area contributed by atoms with E-state index in [2.05, 4.69) is 31.2 Å². The molecule has 0 fully saturated rings. The Morgan fingerprint density at radius 3 is 2.00 bits per heavy atom. The average Bonchev–Trinajstić information content (AvgIpc) is 2.55. The Bertz CT molecular complexity index is 876. The van der Waals surface area contributed by atoms with Crippen LogP contribution in [-0.4, -0.2) is 9.97 Å². The van der Waals surface area contributed by atoms with Crippen LogP contribution in [0.25, 0.3) is 11.1 Å². The maximum absolute atomic E-state index is 12.8. The molecule has 7 heteroatoms. The number of rotatable bonds is 3. The van der Waals surface area contributed by atoms with Crippen LogP contribution < -0.4 is 5.32 Å². The summed E-state index contributed by atoms with van der Waals surface area (Å²) in [4.78, 5) is 6.97. The van der Waals surface area contributed by atoms with Gasteiger partial charge in [-0.1, -0.05) is 40.2 Å². The summed E-state index contributed by atoms with van der Waals surface area (Å²) in [7, 11) is 0. The molecule has 0 aliphatic carbocycles. The fourth-order valence-corrected chi connectivity index (χ4v) is 2.56. The molecular formula is C18H13BrF3N3. The van der Waals surface area contributed by atoms with Crippen LogP contribution in [0.2, 0.25) is 0 Å². The molecule has 0 bridgehead atoms. The Morgan fingerprint density at radius 1 is 0.880 bits per heavy atom. The van der Waals surface area contributed by atoms with Gasteiger partial charge >= 0.3 is 6.18 Å². The van der Waals surface area contributed by atoms with E-state index < -0.39 is 12.0 Å². The topological polar surface area (TPSA) is 37.8 Å². The second-order valence-corrected chi connectivity index (χ2v) is 6.34. The number of halogens is 4. The number of hydrogen-bond acceptors (Lipinski definition) is 3. The smallest absolute Gasteiger partial charge is 0.340 e. The van der Waals surface area contributed by atoms with Gasteiger partial charge in [0.15, 0.2) is 0 Å². The third kappa shape index (κ3) is 4.36. The van der Waals surface area contributed by atoms with Crippen molar-refractivity contribution in [3.05, 3.63) is 70.6 Å². The molecule has 0 radical (unpaired) electrons. The minimum atomic E-state index is -4.58. The minimum Gasteiger partial charge on any atom is -0.340 e. The van der Waals surface area contributed by atoms with Gasteiger partial charge in [-0.3, -0.25) is 0 Å². The van der Waals surface area contributed by atoms with Crippen molar-refractivity contribution in [1.29, 1.82) is 0 Å². The largest absolute Gasteiger partial charge is 0.451 e. The van der Waals surface area contributed by atoms with E-state index in [4.69, 9.17) is 0 Å². The minimum absolute atomic E-state index is 0.108. The van der Waals surface area contributed by atoms with Gasteiger partial charge in [0.1, 0.15) is 5.82 Å². The quantitative estimate of drug-likeness (QED) is 0.580. The number of nitrogens with zero attached hydrogens (tertiary/aromatic N) is 2. The highest BCUT2D eigenvalue weighted by Crippen LogP contribution is 2.28. The Morgan fingerprint density at radius 2 is 1.44 bits per heavy atom. The highest BCUT2D eigenvalue weighted by molar-refractivity contribution is 9.10. The van der Waals surface area contributed by atoms with Crippen LogP contribution >= 0.6 is 15.9 Å². The number of benzene rings is 2. The SMILES string of the molecule is Cc1cc(Nc2ccc(-c3ccc(Br)cc3)cc2)nc(C(F)(F)F)n1. The van der Waals surface area contributed by atoms with Crippen molar-refractivity contribution in [2.75, 3.05) is 5.32 Å². The Hall–Kier alpha value is -2.41. The van der Waals surface area contributed by atoms with Crippen molar-refractivity contribution < 1.29 is 13.2 Å². The van der Waals surface area contributed by atoms with Crippen LogP contribution in [0.4, 0.5) is 24.7 Å². The Balaban J connectivity index is 1.82. The van der Waals surface area contributed by atoms with Crippen molar-refractivity contribution >= 4 is 27.4 Å². The molecule has 1 heterocycles. The van der Waals surface area contributed by atoms with E-state index in [1.807, 2.05) is 36.4 Å².